The maximum atomic E-state index is 7.18. The molecule has 15 rings (SSSR count). The molecule has 3 aromatic heterocycles. The number of furan rings is 3. The van der Waals surface area contributed by atoms with Gasteiger partial charge in [0.05, 0.1) is 0 Å². The van der Waals surface area contributed by atoms with Gasteiger partial charge in [0.25, 0.3) is 0 Å². The van der Waals surface area contributed by atoms with Crippen LogP contribution in [0.1, 0.15) is 0 Å². The van der Waals surface area contributed by atoms with E-state index in [1.807, 2.05) is 12.1 Å². The second-order valence-electron chi connectivity index (χ2n) is 17.7. The van der Waals surface area contributed by atoms with E-state index in [0.29, 0.717) is 0 Å². The molecule has 3 heteroatoms. The summed E-state index contributed by atoms with van der Waals surface area (Å²) in [6.07, 6.45) is 0. The summed E-state index contributed by atoms with van der Waals surface area (Å²) in [5.74, 6) is 0. The molecule has 0 radical (unpaired) electrons. The largest absolute Gasteiger partial charge is 0.456 e. The van der Waals surface area contributed by atoms with Crippen LogP contribution in [0.5, 0.6) is 0 Å². The molecular weight excluding hydrogens is 817 g/mol. The molecule has 0 fully saturated rings. The second-order valence-corrected chi connectivity index (χ2v) is 17.7. The standard InChI is InChI=1S/C64H36O3/c1-3-19-39-37(17-1)57(47-27-14-34-54-61(47)45-25-9-11-32-52(45)65-54)38-18-2-4-20-40(38)59(39)49-29-16-36-56-63(49)51-31-13-30-50(64(51)67-56)60-43-23-7-5-21-41(43)58(42-22-6-8-24-44(42)60)48-28-15-35-55-62(48)46-26-10-12-33-53(46)66-55/h1-36H. The van der Waals surface area contributed by atoms with E-state index in [4.69, 9.17) is 13.3 Å². The highest BCUT2D eigenvalue weighted by Gasteiger charge is 2.25. The third-order valence-electron chi connectivity index (χ3n) is 14.3. The first-order valence-corrected chi connectivity index (χ1v) is 22.9. The lowest BCUT2D eigenvalue weighted by molar-refractivity contribution is 0.668. The number of fused-ring (bicyclic) bond motifs is 13. The highest BCUT2D eigenvalue weighted by atomic mass is 16.3. The molecule has 0 saturated carbocycles. The third-order valence-corrected chi connectivity index (χ3v) is 14.3. The predicted molar refractivity (Wildman–Crippen MR) is 280 cm³/mol. The maximum absolute atomic E-state index is 7.18. The Kier molecular flexibility index (Phi) is 7.50. The third kappa shape index (κ3) is 5.06. The number of hydrogen-bond donors (Lipinski definition) is 0. The molecule has 0 bridgehead atoms. The van der Waals surface area contributed by atoms with Crippen molar-refractivity contribution in [3.8, 4) is 44.5 Å². The fourth-order valence-corrected chi connectivity index (χ4v) is 11.6. The van der Waals surface area contributed by atoms with Crippen molar-refractivity contribution in [2.75, 3.05) is 0 Å². The van der Waals surface area contributed by atoms with Crippen molar-refractivity contribution in [3.05, 3.63) is 218 Å². The molecule has 0 atom stereocenters. The van der Waals surface area contributed by atoms with Gasteiger partial charge in [0, 0.05) is 43.4 Å². The van der Waals surface area contributed by atoms with Crippen molar-refractivity contribution < 1.29 is 13.3 Å². The molecule has 0 aliphatic carbocycles. The summed E-state index contributed by atoms with van der Waals surface area (Å²) in [4.78, 5) is 0. The molecule has 15 aromatic rings. The summed E-state index contributed by atoms with van der Waals surface area (Å²) in [5.41, 5.74) is 14.6. The first kappa shape index (κ1) is 36.4. The smallest absolute Gasteiger partial charge is 0.143 e. The van der Waals surface area contributed by atoms with Crippen LogP contribution in [0.2, 0.25) is 0 Å². The molecule has 0 aliphatic rings. The van der Waals surface area contributed by atoms with Crippen molar-refractivity contribution in [1.29, 1.82) is 0 Å². The van der Waals surface area contributed by atoms with Crippen LogP contribution in [0.25, 0.3) is 153 Å². The van der Waals surface area contributed by atoms with E-state index in [1.165, 1.54) is 65.3 Å². The van der Waals surface area contributed by atoms with Crippen LogP contribution in [0, 0.1) is 0 Å². The SMILES string of the molecule is c1ccc2c(c1)oc1cccc(-c3c4ccccc4c(-c4cccc5c4oc4cccc(-c6c7ccccc7c(-c7cccc8oc9ccccc9c78)c7ccccc67)c45)c4ccccc34)c12. The zero-order chi connectivity index (χ0) is 43.7. The van der Waals surface area contributed by atoms with Gasteiger partial charge in [0.15, 0.2) is 0 Å². The quantitative estimate of drug-likeness (QED) is 0.166. The lowest BCUT2D eigenvalue weighted by atomic mass is 9.83. The first-order chi connectivity index (χ1) is 33.3. The Morgan fingerprint density at radius 2 is 0.433 bits per heavy atom. The molecule has 3 heterocycles. The van der Waals surface area contributed by atoms with Gasteiger partial charge in [-0.2, -0.15) is 0 Å². The topological polar surface area (TPSA) is 39.4 Å². The Labute approximate surface area is 383 Å². The molecular formula is C64H36O3. The summed E-state index contributed by atoms with van der Waals surface area (Å²) < 4.78 is 20.1. The van der Waals surface area contributed by atoms with Crippen molar-refractivity contribution in [1.82, 2.24) is 0 Å². The van der Waals surface area contributed by atoms with Gasteiger partial charge in [-0.25, -0.2) is 0 Å². The summed E-state index contributed by atoms with van der Waals surface area (Å²) in [7, 11) is 0. The summed E-state index contributed by atoms with van der Waals surface area (Å²) >= 11 is 0. The summed E-state index contributed by atoms with van der Waals surface area (Å²) in [6, 6.07) is 78.4. The maximum Gasteiger partial charge on any atom is 0.143 e. The van der Waals surface area contributed by atoms with Gasteiger partial charge in [-0.15, -0.1) is 0 Å². The molecule has 0 amide bonds. The number of hydrogen-bond acceptors (Lipinski definition) is 3. The summed E-state index contributed by atoms with van der Waals surface area (Å²) in [6.45, 7) is 0. The van der Waals surface area contributed by atoms with Gasteiger partial charge in [-0.05, 0) is 107 Å². The van der Waals surface area contributed by atoms with Crippen LogP contribution in [0.4, 0.5) is 0 Å². The molecule has 67 heavy (non-hydrogen) atoms. The number of benzene rings is 12. The van der Waals surface area contributed by atoms with Gasteiger partial charge >= 0.3 is 0 Å². The van der Waals surface area contributed by atoms with Crippen LogP contribution < -0.4 is 0 Å². The molecule has 0 spiro atoms. The Hall–Kier alpha value is -8.92. The van der Waals surface area contributed by atoms with Crippen molar-refractivity contribution in [2.45, 2.75) is 0 Å². The van der Waals surface area contributed by atoms with E-state index in [0.717, 1.165) is 88.1 Å². The fourth-order valence-electron chi connectivity index (χ4n) is 11.6. The normalized spacial score (nSPS) is 12.2. The minimum Gasteiger partial charge on any atom is -0.456 e. The highest BCUT2D eigenvalue weighted by molar-refractivity contribution is 6.31. The van der Waals surface area contributed by atoms with Crippen LogP contribution >= 0.6 is 0 Å². The van der Waals surface area contributed by atoms with Crippen LogP contribution in [-0.4, -0.2) is 0 Å². The van der Waals surface area contributed by atoms with Crippen molar-refractivity contribution in [2.24, 2.45) is 0 Å². The van der Waals surface area contributed by atoms with E-state index < -0.39 is 0 Å². The molecule has 0 aliphatic heterocycles. The van der Waals surface area contributed by atoms with Crippen molar-refractivity contribution >= 4 is 109 Å². The zero-order valence-electron chi connectivity index (χ0n) is 36.0. The first-order valence-electron chi connectivity index (χ1n) is 22.9. The average Bonchev–Trinajstić information content (AvgIpc) is 4.09. The van der Waals surface area contributed by atoms with Gasteiger partial charge in [-0.1, -0.05) is 188 Å². The molecule has 0 saturated heterocycles. The van der Waals surface area contributed by atoms with Crippen LogP contribution in [0.15, 0.2) is 232 Å². The van der Waals surface area contributed by atoms with Gasteiger partial charge in [0.2, 0.25) is 0 Å². The lowest BCUT2D eigenvalue weighted by Crippen LogP contribution is -1.92. The van der Waals surface area contributed by atoms with E-state index in [2.05, 4.69) is 206 Å². The minimum absolute atomic E-state index is 0.857. The molecule has 0 unspecified atom stereocenters. The highest BCUT2D eigenvalue weighted by Crippen LogP contribution is 2.52. The lowest BCUT2D eigenvalue weighted by Gasteiger charge is -2.19. The number of rotatable bonds is 4. The van der Waals surface area contributed by atoms with E-state index in [9.17, 15) is 0 Å². The number of para-hydroxylation sites is 3. The van der Waals surface area contributed by atoms with E-state index in [-0.39, 0.29) is 0 Å². The van der Waals surface area contributed by atoms with Crippen molar-refractivity contribution in [3.63, 3.8) is 0 Å². The van der Waals surface area contributed by atoms with Gasteiger partial charge < -0.3 is 13.3 Å². The molecule has 310 valence electrons. The average molecular weight is 853 g/mol. The Morgan fingerprint density at radius 3 is 0.821 bits per heavy atom. The Bertz CT molecular complexity index is 4460. The van der Waals surface area contributed by atoms with Crippen LogP contribution in [-0.2, 0) is 0 Å². The van der Waals surface area contributed by atoms with Gasteiger partial charge in [0.1, 0.15) is 33.5 Å². The predicted octanol–water partition coefficient (Wildman–Crippen LogP) is 18.7. The zero-order valence-corrected chi connectivity index (χ0v) is 36.0. The second kappa shape index (κ2) is 13.8. The van der Waals surface area contributed by atoms with Gasteiger partial charge in [-0.3, -0.25) is 0 Å². The molecule has 12 aromatic carbocycles. The van der Waals surface area contributed by atoms with E-state index >= 15 is 0 Å². The molecule has 0 N–H and O–H groups in total. The minimum atomic E-state index is 0.857. The Balaban J connectivity index is 1.01. The monoisotopic (exact) mass is 852 g/mol. The molecule has 3 nitrogen and oxygen atoms in total. The Morgan fingerprint density at radius 1 is 0.179 bits per heavy atom. The summed E-state index contributed by atoms with van der Waals surface area (Å²) in [5, 5.41) is 16.2. The van der Waals surface area contributed by atoms with Crippen LogP contribution in [0.3, 0.4) is 0 Å². The van der Waals surface area contributed by atoms with E-state index in [1.54, 1.807) is 0 Å². The fraction of sp³-hybridized carbons (Fsp3) is 0.